The summed E-state index contributed by atoms with van der Waals surface area (Å²) in [5, 5.41) is 0. The highest BCUT2D eigenvalue weighted by Gasteiger charge is 2.09. The second kappa shape index (κ2) is 7.58. The number of rotatable bonds is 3. The maximum atomic E-state index is 3.14. The van der Waals surface area contributed by atoms with Crippen LogP contribution in [0.2, 0.25) is 0 Å². The molecular weight excluding hydrogens is 340 g/mol. The first kappa shape index (κ1) is 17.8. The van der Waals surface area contributed by atoms with Crippen molar-refractivity contribution in [3.63, 3.8) is 0 Å². The van der Waals surface area contributed by atoms with Crippen LogP contribution < -0.4 is 4.57 Å². The van der Waals surface area contributed by atoms with Gasteiger partial charge in [0, 0.05) is 5.56 Å². The first-order valence-corrected chi connectivity index (χ1v) is 9.41. The Kier molecular flexibility index (Phi) is 4.83. The summed E-state index contributed by atoms with van der Waals surface area (Å²) < 4.78 is 4.20. The number of nitrogens with zero attached hydrogens (tertiary/aromatic N) is 2. The first-order chi connectivity index (χ1) is 13.6. The van der Waals surface area contributed by atoms with Gasteiger partial charge in [0.05, 0.1) is 7.05 Å². The minimum Gasteiger partial charge on any atom is -0.239 e. The molecule has 28 heavy (non-hydrogen) atoms. The Morgan fingerprint density at radius 2 is 1.54 bits per heavy atom. The molecule has 2 heteroatoms. The van der Waals surface area contributed by atoms with Crippen molar-refractivity contribution in [1.82, 2.24) is 4.57 Å². The summed E-state index contributed by atoms with van der Waals surface area (Å²) in [6.45, 7) is 4.01. The second-order valence-corrected chi connectivity index (χ2v) is 7.08. The number of hydrogen-bond acceptors (Lipinski definition) is 0. The van der Waals surface area contributed by atoms with Gasteiger partial charge in [0.2, 0.25) is 6.33 Å². The van der Waals surface area contributed by atoms with Crippen molar-refractivity contribution < 1.29 is 4.57 Å². The lowest BCUT2D eigenvalue weighted by Gasteiger charge is -2.09. The third-order valence-corrected chi connectivity index (χ3v) is 4.79. The minimum atomic E-state index is 1.05. The Labute approximate surface area is 166 Å². The van der Waals surface area contributed by atoms with Gasteiger partial charge in [-0.3, -0.25) is 0 Å². The predicted molar refractivity (Wildman–Crippen MR) is 115 cm³/mol. The number of imidazole rings is 1. The maximum Gasteiger partial charge on any atom is 0.248 e. The molecule has 0 aliphatic heterocycles. The van der Waals surface area contributed by atoms with Gasteiger partial charge < -0.3 is 0 Å². The van der Waals surface area contributed by atoms with Crippen LogP contribution in [0.4, 0.5) is 0 Å². The van der Waals surface area contributed by atoms with E-state index in [0.717, 1.165) is 5.56 Å². The van der Waals surface area contributed by atoms with Crippen LogP contribution in [0.25, 0.3) is 27.9 Å². The van der Waals surface area contributed by atoms with Crippen LogP contribution in [-0.4, -0.2) is 4.57 Å². The first-order valence-electron chi connectivity index (χ1n) is 9.41. The number of aryl methyl sites for hydroxylation is 2. The third-order valence-electron chi connectivity index (χ3n) is 4.79. The van der Waals surface area contributed by atoms with E-state index in [-0.39, 0.29) is 0 Å². The molecule has 3 aromatic carbocycles. The summed E-state index contributed by atoms with van der Waals surface area (Å²) in [5.41, 5.74) is 8.28. The molecule has 0 radical (unpaired) electrons. The van der Waals surface area contributed by atoms with E-state index in [1.807, 2.05) is 20.0 Å². The number of hydrogen-bond donors (Lipinski definition) is 0. The minimum absolute atomic E-state index is 1.05. The van der Waals surface area contributed by atoms with E-state index in [9.17, 15) is 0 Å². The highest BCUT2D eigenvalue weighted by atomic mass is 15.1. The summed E-state index contributed by atoms with van der Waals surface area (Å²) in [7, 11) is 2.04. The lowest BCUT2D eigenvalue weighted by molar-refractivity contribution is -0.670. The zero-order valence-corrected chi connectivity index (χ0v) is 16.5. The molecule has 0 unspecified atom stereocenters. The van der Waals surface area contributed by atoms with Crippen molar-refractivity contribution in [2.75, 3.05) is 0 Å². The summed E-state index contributed by atoms with van der Waals surface area (Å²) in [5.74, 6) is 6.12. The van der Waals surface area contributed by atoms with Crippen LogP contribution in [-0.2, 0) is 7.05 Å². The standard InChI is InChI=1S/C26H23N2/c1-4-7-21-8-5-9-22(16-21)23-10-6-11-24(17-23)25-14-20(2)15-26(18-25)28-13-12-27(3)19-28/h5-6,8-19H,1-3H3/q+1. The normalized spacial score (nSPS) is 10.4. The Morgan fingerprint density at radius 1 is 0.821 bits per heavy atom. The monoisotopic (exact) mass is 363 g/mol. The number of benzene rings is 3. The van der Waals surface area contributed by atoms with Gasteiger partial charge >= 0.3 is 0 Å². The molecule has 0 fully saturated rings. The summed E-state index contributed by atoms with van der Waals surface area (Å²) in [6.07, 6.45) is 6.21. The van der Waals surface area contributed by atoms with E-state index in [2.05, 4.69) is 107 Å². The van der Waals surface area contributed by atoms with Crippen molar-refractivity contribution in [3.8, 4) is 39.8 Å². The van der Waals surface area contributed by atoms with Crippen molar-refractivity contribution in [1.29, 1.82) is 0 Å². The molecule has 2 nitrogen and oxygen atoms in total. The molecule has 0 spiro atoms. The fourth-order valence-corrected chi connectivity index (χ4v) is 3.48. The average Bonchev–Trinajstić information content (AvgIpc) is 3.15. The smallest absolute Gasteiger partial charge is 0.239 e. The topological polar surface area (TPSA) is 8.81 Å². The Bertz CT molecular complexity index is 1200. The fraction of sp³-hybridized carbons (Fsp3) is 0.115. The molecule has 0 bridgehead atoms. The molecule has 0 atom stereocenters. The Balaban J connectivity index is 1.76. The molecule has 0 N–H and O–H groups in total. The summed E-state index contributed by atoms with van der Waals surface area (Å²) >= 11 is 0. The second-order valence-electron chi connectivity index (χ2n) is 7.08. The van der Waals surface area contributed by atoms with Gasteiger partial charge in [-0.1, -0.05) is 42.3 Å². The van der Waals surface area contributed by atoms with Crippen LogP contribution in [0.3, 0.4) is 0 Å². The van der Waals surface area contributed by atoms with Gasteiger partial charge in [-0.2, -0.15) is 0 Å². The molecule has 0 saturated carbocycles. The van der Waals surface area contributed by atoms with Gasteiger partial charge in [-0.25, -0.2) is 9.13 Å². The average molecular weight is 363 g/mol. The maximum absolute atomic E-state index is 3.14. The molecule has 136 valence electrons. The van der Waals surface area contributed by atoms with Crippen LogP contribution in [0, 0.1) is 18.8 Å². The molecular formula is C26H23N2+. The zero-order valence-electron chi connectivity index (χ0n) is 16.5. The van der Waals surface area contributed by atoms with Crippen LogP contribution in [0.1, 0.15) is 18.1 Å². The van der Waals surface area contributed by atoms with Gasteiger partial charge in [-0.05, 0) is 72.0 Å². The van der Waals surface area contributed by atoms with Gasteiger partial charge in [0.15, 0.2) is 0 Å². The lowest BCUT2D eigenvalue weighted by Crippen LogP contribution is -2.23. The molecule has 1 aromatic heterocycles. The fourth-order valence-electron chi connectivity index (χ4n) is 3.48. The third kappa shape index (κ3) is 3.75. The van der Waals surface area contributed by atoms with Crippen LogP contribution in [0.5, 0.6) is 0 Å². The molecule has 0 aliphatic carbocycles. The zero-order chi connectivity index (χ0) is 19.5. The molecule has 0 amide bonds. The molecule has 4 aromatic rings. The predicted octanol–water partition coefficient (Wildman–Crippen LogP) is 5.32. The van der Waals surface area contributed by atoms with Crippen LogP contribution >= 0.6 is 0 Å². The molecule has 1 heterocycles. The van der Waals surface area contributed by atoms with Crippen molar-refractivity contribution in [2.45, 2.75) is 13.8 Å². The van der Waals surface area contributed by atoms with E-state index >= 15 is 0 Å². The van der Waals surface area contributed by atoms with E-state index in [1.54, 1.807) is 0 Å². The molecule has 0 saturated heterocycles. The van der Waals surface area contributed by atoms with Crippen molar-refractivity contribution in [3.05, 3.63) is 96.6 Å². The Morgan fingerprint density at radius 3 is 2.25 bits per heavy atom. The SMILES string of the molecule is CC#Cc1cccc(-c2cccc(-c3cc(C)cc(-n4cc[n+](C)c4)c3)c2)c1. The van der Waals surface area contributed by atoms with Gasteiger partial charge in [-0.15, -0.1) is 5.92 Å². The van der Waals surface area contributed by atoms with E-state index in [4.69, 9.17) is 0 Å². The lowest BCUT2D eigenvalue weighted by atomic mass is 9.97. The highest BCUT2D eigenvalue weighted by molar-refractivity contribution is 5.75. The van der Waals surface area contributed by atoms with Crippen molar-refractivity contribution in [2.24, 2.45) is 7.05 Å². The van der Waals surface area contributed by atoms with Crippen molar-refractivity contribution >= 4 is 0 Å². The molecule has 4 rings (SSSR count). The van der Waals surface area contributed by atoms with Gasteiger partial charge in [0.25, 0.3) is 0 Å². The van der Waals surface area contributed by atoms with E-state index < -0.39 is 0 Å². The van der Waals surface area contributed by atoms with E-state index in [0.29, 0.717) is 0 Å². The largest absolute Gasteiger partial charge is 0.248 e. The van der Waals surface area contributed by atoms with Gasteiger partial charge in [0.1, 0.15) is 18.1 Å². The number of aromatic nitrogens is 2. The molecule has 0 aliphatic rings. The van der Waals surface area contributed by atoms with E-state index in [1.165, 1.54) is 33.5 Å². The van der Waals surface area contributed by atoms with Crippen LogP contribution in [0.15, 0.2) is 85.5 Å². The Hall–Kier alpha value is -3.57. The highest BCUT2D eigenvalue weighted by Crippen LogP contribution is 2.29. The summed E-state index contributed by atoms with van der Waals surface area (Å²) in [4.78, 5) is 0. The summed E-state index contributed by atoms with van der Waals surface area (Å²) in [6, 6.07) is 23.8. The quantitative estimate of drug-likeness (QED) is 0.344.